The Labute approximate surface area is 114 Å². The van der Waals surface area contributed by atoms with E-state index in [1.807, 2.05) is 19.0 Å². The van der Waals surface area contributed by atoms with Crippen LogP contribution in [0.4, 0.5) is 0 Å². The summed E-state index contributed by atoms with van der Waals surface area (Å²) in [6.45, 7) is 1.05. The molecule has 108 valence electrons. The first-order valence-electron chi connectivity index (χ1n) is 7.16. The number of nitrogens with zero attached hydrogens (tertiary/aromatic N) is 2. The summed E-state index contributed by atoms with van der Waals surface area (Å²) in [5.74, 6) is 0.342. The van der Waals surface area contributed by atoms with Crippen LogP contribution >= 0.6 is 0 Å². The average Bonchev–Trinajstić information content (AvgIpc) is 3.07. The van der Waals surface area contributed by atoms with E-state index in [2.05, 4.69) is 0 Å². The van der Waals surface area contributed by atoms with Gasteiger partial charge in [-0.05, 0) is 38.8 Å². The van der Waals surface area contributed by atoms with E-state index in [0.717, 1.165) is 12.8 Å². The Kier molecular flexibility index (Phi) is 4.45. The van der Waals surface area contributed by atoms with E-state index in [1.165, 1.54) is 17.7 Å². The Balaban J connectivity index is 1.93. The van der Waals surface area contributed by atoms with Gasteiger partial charge in [0.2, 0.25) is 5.91 Å². The number of rotatable bonds is 6. The fraction of sp³-hybridized carbons (Fsp3) is 0.857. The van der Waals surface area contributed by atoms with Crippen LogP contribution in [0.2, 0.25) is 0 Å². The number of carboxylic acid groups (broad SMARTS) is 1. The average molecular weight is 268 g/mol. The van der Waals surface area contributed by atoms with Crippen LogP contribution in [-0.4, -0.2) is 60.5 Å². The Morgan fingerprint density at radius 1 is 1.11 bits per heavy atom. The molecular formula is C14H24N2O3. The van der Waals surface area contributed by atoms with Gasteiger partial charge < -0.3 is 14.9 Å². The second kappa shape index (κ2) is 5.90. The van der Waals surface area contributed by atoms with Crippen LogP contribution in [-0.2, 0) is 9.59 Å². The fourth-order valence-electron chi connectivity index (χ4n) is 3.32. The first-order valence-corrected chi connectivity index (χ1v) is 7.16. The van der Waals surface area contributed by atoms with E-state index in [-0.39, 0.29) is 18.4 Å². The maximum Gasteiger partial charge on any atom is 0.323 e. The number of aliphatic carboxylic acids is 1. The molecule has 1 N–H and O–H groups in total. The molecule has 2 atom stereocenters. The number of likely N-dealkylation sites (N-methyl/N-ethyl adjacent to an activating group) is 1. The van der Waals surface area contributed by atoms with Crippen LogP contribution in [0, 0.1) is 17.8 Å². The lowest BCUT2D eigenvalue weighted by molar-refractivity contribution is -0.145. The standard InChI is InChI=1S/C14H24N2O3/c1-15(2)7-8-16(9-12(17)18)14(19)13-10-5-3-4-6-11(10)13/h10-11,13H,3-9H2,1-2H3,(H,17,18). The van der Waals surface area contributed by atoms with Crippen LogP contribution in [0.5, 0.6) is 0 Å². The number of carbonyl (C=O) groups excluding carboxylic acids is 1. The van der Waals surface area contributed by atoms with E-state index in [9.17, 15) is 9.59 Å². The molecule has 0 heterocycles. The van der Waals surface area contributed by atoms with Gasteiger partial charge in [0, 0.05) is 19.0 Å². The van der Waals surface area contributed by atoms with Crippen molar-refractivity contribution in [2.45, 2.75) is 25.7 Å². The summed E-state index contributed by atoms with van der Waals surface area (Å²) in [6, 6.07) is 0. The van der Waals surface area contributed by atoms with Crippen LogP contribution in [0.25, 0.3) is 0 Å². The Bertz CT molecular complexity index is 345. The van der Waals surface area contributed by atoms with Gasteiger partial charge in [-0.3, -0.25) is 9.59 Å². The molecule has 0 saturated heterocycles. The normalized spacial score (nSPS) is 28.9. The summed E-state index contributed by atoms with van der Waals surface area (Å²) in [7, 11) is 3.86. The molecule has 0 aliphatic heterocycles. The first kappa shape index (κ1) is 14.3. The number of fused-ring (bicyclic) bond motifs is 1. The molecule has 0 aromatic rings. The van der Waals surface area contributed by atoms with Gasteiger partial charge in [0.15, 0.2) is 0 Å². The fourth-order valence-corrected chi connectivity index (χ4v) is 3.32. The van der Waals surface area contributed by atoms with Crippen LogP contribution in [0.3, 0.4) is 0 Å². The molecule has 1 amide bonds. The molecule has 2 aliphatic carbocycles. The van der Waals surface area contributed by atoms with Gasteiger partial charge in [0.25, 0.3) is 0 Å². The molecule has 5 heteroatoms. The number of hydrogen-bond donors (Lipinski definition) is 1. The minimum absolute atomic E-state index is 0.0705. The van der Waals surface area contributed by atoms with Gasteiger partial charge >= 0.3 is 5.97 Å². The lowest BCUT2D eigenvalue weighted by atomic mass is 10.0. The number of amides is 1. The lowest BCUT2D eigenvalue weighted by Crippen LogP contribution is -2.41. The summed E-state index contributed by atoms with van der Waals surface area (Å²) in [5, 5.41) is 8.95. The molecule has 2 aliphatic rings. The molecule has 19 heavy (non-hydrogen) atoms. The Morgan fingerprint density at radius 2 is 1.68 bits per heavy atom. The zero-order valence-electron chi connectivity index (χ0n) is 11.8. The van der Waals surface area contributed by atoms with Crippen molar-refractivity contribution in [3.05, 3.63) is 0 Å². The molecular weight excluding hydrogens is 244 g/mol. The molecule has 0 spiro atoms. The highest BCUT2D eigenvalue weighted by Gasteiger charge is 2.55. The number of hydrogen-bond acceptors (Lipinski definition) is 3. The van der Waals surface area contributed by atoms with Crippen LogP contribution < -0.4 is 0 Å². The van der Waals surface area contributed by atoms with Crippen molar-refractivity contribution < 1.29 is 14.7 Å². The minimum atomic E-state index is -0.921. The third-order valence-corrected chi connectivity index (χ3v) is 4.40. The zero-order chi connectivity index (χ0) is 14.0. The lowest BCUT2D eigenvalue weighted by Gasteiger charge is -2.23. The molecule has 2 rings (SSSR count). The Hall–Kier alpha value is -1.10. The summed E-state index contributed by atoms with van der Waals surface area (Å²) >= 11 is 0. The third-order valence-electron chi connectivity index (χ3n) is 4.40. The molecule has 0 aromatic carbocycles. The smallest absolute Gasteiger partial charge is 0.323 e. The number of carbonyl (C=O) groups is 2. The number of carboxylic acids is 1. The molecule has 2 unspecified atom stereocenters. The predicted octanol–water partition coefficient (Wildman–Crippen LogP) is 0.897. The highest BCUT2D eigenvalue weighted by atomic mass is 16.4. The summed E-state index contributed by atoms with van der Waals surface area (Å²) < 4.78 is 0. The Morgan fingerprint density at radius 3 is 2.16 bits per heavy atom. The van der Waals surface area contributed by atoms with E-state index in [0.29, 0.717) is 24.9 Å². The zero-order valence-corrected chi connectivity index (χ0v) is 11.8. The van der Waals surface area contributed by atoms with Crippen LogP contribution in [0.1, 0.15) is 25.7 Å². The van der Waals surface area contributed by atoms with Crippen molar-refractivity contribution in [1.82, 2.24) is 9.80 Å². The molecule has 0 aromatic heterocycles. The molecule has 0 bridgehead atoms. The summed E-state index contributed by atoms with van der Waals surface area (Å²) in [6.07, 6.45) is 4.74. The van der Waals surface area contributed by atoms with Crippen molar-refractivity contribution in [1.29, 1.82) is 0 Å². The first-order chi connectivity index (χ1) is 9.00. The van der Waals surface area contributed by atoms with Crippen molar-refractivity contribution in [3.8, 4) is 0 Å². The van der Waals surface area contributed by atoms with Crippen molar-refractivity contribution in [2.24, 2.45) is 17.8 Å². The second-order valence-corrected chi connectivity index (χ2v) is 6.09. The molecule has 0 radical (unpaired) electrons. The maximum absolute atomic E-state index is 12.5. The second-order valence-electron chi connectivity index (χ2n) is 6.09. The van der Waals surface area contributed by atoms with E-state index < -0.39 is 5.97 Å². The topological polar surface area (TPSA) is 60.9 Å². The van der Waals surface area contributed by atoms with E-state index in [4.69, 9.17) is 5.11 Å². The van der Waals surface area contributed by atoms with Crippen LogP contribution in [0.15, 0.2) is 0 Å². The summed E-state index contributed by atoms with van der Waals surface area (Å²) in [5.41, 5.74) is 0. The van der Waals surface area contributed by atoms with Gasteiger partial charge in [0.05, 0.1) is 0 Å². The quantitative estimate of drug-likeness (QED) is 0.777. The van der Waals surface area contributed by atoms with Gasteiger partial charge in [-0.25, -0.2) is 0 Å². The predicted molar refractivity (Wildman–Crippen MR) is 71.7 cm³/mol. The molecule has 5 nitrogen and oxygen atoms in total. The summed E-state index contributed by atoms with van der Waals surface area (Å²) in [4.78, 5) is 26.9. The maximum atomic E-state index is 12.5. The van der Waals surface area contributed by atoms with Gasteiger partial charge in [-0.1, -0.05) is 12.8 Å². The van der Waals surface area contributed by atoms with E-state index >= 15 is 0 Å². The largest absolute Gasteiger partial charge is 0.480 e. The van der Waals surface area contributed by atoms with Crippen molar-refractivity contribution in [2.75, 3.05) is 33.7 Å². The van der Waals surface area contributed by atoms with Crippen molar-refractivity contribution >= 4 is 11.9 Å². The highest BCUT2D eigenvalue weighted by molar-refractivity contribution is 5.85. The van der Waals surface area contributed by atoms with Gasteiger partial charge in [-0.15, -0.1) is 0 Å². The third kappa shape index (κ3) is 3.47. The van der Waals surface area contributed by atoms with Gasteiger partial charge in [-0.2, -0.15) is 0 Å². The van der Waals surface area contributed by atoms with Crippen molar-refractivity contribution in [3.63, 3.8) is 0 Å². The SMILES string of the molecule is CN(C)CCN(CC(=O)O)C(=O)C1C2CCCCC21. The highest BCUT2D eigenvalue weighted by Crippen LogP contribution is 2.56. The molecule has 2 fully saturated rings. The molecule has 2 saturated carbocycles. The minimum Gasteiger partial charge on any atom is -0.480 e. The monoisotopic (exact) mass is 268 g/mol. The van der Waals surface area contributed by atoms with E-state index in [1.54, 1.807) is 0 Å². The van der Waals surface area contributed by atoms with Gasteiger partial charge in [0.1, 0.15) is 6.54 Å².